The van der Waals surface area contributed by atoms with Gasteiger partial charge in [0.05, 0.1) is 0 Å². The fraction of sp³-hybridized carbons (Fsp3) is 0.533. The molecule has 1 aromatic carbocycles. The van der Waals surface area contributed by atoms with Crippen LogP contribution >= 0.6 is 0 Å². The van der Waals surface area contributed by atoms with Crippen LogP contribution < -0.4 is 5.32 Å². The molecule has 3 rings (SSSR count). The number of nitrogens with zero attached hydrogens (tertiary/aromatic N) is 5. The lowest BCUT2D eigenvalue weighted by molar-refractivity contribution is 0.269. The Morgan fingerprint density at radius 1 is 1.24 bits per heavy atom. The van der Waals surface area contributed by atoms with Gasteiger partial charge < -0.3 is 5.32 Å². The lowest BCUT2D eigenvalue weighted by atomic mass is 10.1. The van der Waals surface area contributed by atoms with E-state index in [4.69, 9.17) is 0 Å². The fourth-order valence-electron chi connectivity index (χ4n) is 2.86. The molecule has 0 aliphatic carbocycles. The van der Waals surface area contributed by atoms with Crippen LogP contribution in [-0.4, -0.2) is 44.2 Å². The second-order valence-electron chi connectivity index (χ2n) is 5.68. The van der Waals surface area contributed by atoms with E-state index < -0.39 is 0 Å². The molecule has 0 amide bonds. The maximum absolute atomic E-state index is 4.02. The third-order valence-corrected chi connectivity index (χ3v) is 3.96. The third-order valence-electron chi connectivity index (χ3n) is 3.96. The zero-order valence-electron chi connectivity index (χ0n) is 12.4. The highest BCUT2D eigenvalue weighted by atomic mass is 15.6. The number of aryl methyl sites for hydroxylation is 1. The summed E-state index contributed by atoms with van der Waals surface area (Å²) in [5.41, 5.74) is 1.37. The van der Waals surface area contributed by atoms with Crippen molar-refractivity contribution in [2.75, 3.05) is 18.4 Å². The quantitative estimate of drug-likeness (QED) is 0.926. The number of hydrogen-bond donors (Lipinski definition) is 1. The first-order chi connectivity index (χ1) is 10.3. The molecule has 6 heteroatoms. The monoisotopic (exact) mass is 286 g/mol. The van der Waals surface area contributed by atoms with Crippen molar-refractivity contribution in [2.45, 2.75) is 31.8 Å². The predicted octanol–water partition coefficient (Wildman–Crippen LogP) is 1.68. The van der Waals surface area contributed by atoms with E-state index in [1.807, 2.05) is 7.05 Å². The van der Waals surface area contributed by atoms with Gasteiger partial charge >= 0.3 is 0 Å². The topological polar surface area (TPSA) is 58.9 Å². The molecule has 112 valence electrons. The van der Waals surface area contributed by atoms with Gasteiger partial charge in [0.25, 0.3) is 0 Å². The van der Waals surface area contributed by atoms with E-state index in [9.17, 15) is 0 Å². The lowest BCUT2D eigenvalue weighted by Gasteiger charge is -2.25. The Morgan fingerprint density at radius 2 is 2.10 bits per heavy atom. The lowest BCUT2D eigenvalue weighted by Crippen LogP contribution is -2.35. The summed E-state index contributed by atoms with van der Waals surface area (Å²) in [6.45, 7) is 3.20. The summed E-state index contributed by atoms with van der Waals surface area (Å²) in [5.74, 6) is 0.751. The highest BCUT2D eigenvalue weighted by molar-refractivity contribution is 5.23. The molecule has 0 saturated carbocycles. The van der Waals surface area contributed by atoms with Gasteiger partial charge in [-0.15, -0.1) is 0 Å². The van der Waals surface area contributed by atoms with Crippen molar-refractivity contribution in [3.63, 3.8) is 0 Å². The number of nitrogens with one attached hydrogen (secondary N) is 1. The van der Waals surface area contributed by atoms with Crippen LogP contribution in [0.2, 0.25) is 0 Å². The molecule has 1 aliphatic rings. The molecule has 1 saturated heterocycles. The molecule has 1 atom stereocenters. The summed E-state index contributed by atoms with van der Waals surface area (Å²) in [7, 11) is 1.86. The minimum Gasteiger partial charge on any atom is -0.349 e. The Labute approximate surface area is 125 Å². The number of rotatable bonds is 4. The van der Waals surface area contributed by atoms with Crippen molar-refractivity contribution in [3.8, 4) is 0 Å². The van der Waals surface area contributed by atoms with Gasteiger partial charge in [0, 0.05) is 26.2 Å². The third kappa shape index (κ3) is 3.78. The van der Waals surface area contributed by atoms with Gasteiger partial charge in [0.2, 0.25) is 5.95 Å². The van der Waals surface area contributed by atoms with Gasteiger partial charge in [-0.1, -0.05) is 41.9 Å². The number of aromatic nitrogens is 4. The Hall–Kier alpha value is -1.95. The van der Waals surface area contributed by atoms with E-state index in [2.05, 4.69) is 56.1 Å². The summed E-state index contributed by atoms with van der Waals surface area (Å²) < 4.78 is 1.69. The van der Waals surface area contributed by atoms with Crippen LogP contribution in [-0.2, 0) is 13.6 Å². The van der Waals surface area contributed by atoms with Crippen LogP contribution in [0.1, 0.15) is 24.8 Å². The maximum atomic E-state index is 4.02. The van der Waals surface area contributed by atoms with Crippen LogP contribution in [0.15, 0.2) is 30.3 Å². The minimum atomic E-state index is 0.404. The van der Waals surface area contributed by atoms with Crippen molar-refractivity contribution in [1.82, 2.24) is 25.1 Å². The summed E-state index contributed by atoms with van der Waals surface area (Å²) in [6.07, 6.45) is 3.66. The van der Waals surface area contributed by atoms with E-state index in [1.165, 1.54) is 18.4 Å². The average Bonchev–Trinajstić information content (AvgIpc) is 2.76. The molecule has 1 fully saturated rings. The van der Waals surface area contributed by atoms with Crippen LogP contribution in [0.4, 0.5) is 5.95 Å². The molecule has 1 aromatic heterocycles. The molecule has 1 unspecified atom stereocenters. The Balaban J connectivity index is 1.62. The molecule has 2 heterocycles. The molecule has 0 spiro atoms. The van der Waals surface area contributed by atoms with Crippen molar-refractivity contribution in [1.29, 1.82) is 0 Å². The van der Waals surface area contributed by atoms with Gasteiger partial charge in [-0.05, 0) is 35.4 Å². The Morgan fingerprint density at radius 3 is 2.86 bits per heavy atom. The van der Waals surface area contributed by atoms with Gasteiger partial charge in [-0.25, -0.2) is 4.68 Å². The normalized spacial score (nSPS) is 20.1. The van der Waals surface area contributed by atoms with Gasteiger partial charge in [-0.3, -0.25) is 4.90 Å². The van der Waals surface area contributed by atoms with E-state index in [0.717, 1.165) is 32.0 Å². The second kappa shape index (κ2) is 6.67. The van der Waals surface area contributed by atoms with E-state index in [1.54, 1.807) is 4.68 Å². The van der Waals surface area contributed by atoms with Crippen molar-refractivity contribution < 1.29 is 0 Å². The smallest absolute Gasteiger partial charge is 0.242 e. The van der Waals surface area contributed by atoms with E-state index in [-0.39, 0.29) is 0 Å². The maximum Gasteiger partial charge on any atom is 0.242 e. The van der Waals surface area contributed by atoms with E-state index in [0.29, 0.717) is 6.04 Å². The fourth-order valence-corrected chi connectivity index (χ4v) is 2.86. The summed E-state index contributed by atoms with van der Waals surface area (Å²) >= 11 is 0. The largest absolute Gasteiger partial charge is 0.349 e. The zero-order valence-corrected chi connectivity index (χ0v) is 12.4. The highest BCUT2D eigenvalue weighted by Crippen LogP contribution is 2.16. The van der Waals surface area contributed by atoms with Gasteiger partial charge in [0.15, 0.2) is 0 Å². The zero-order chi connectivity index (χ0) is 14.5. The van der Waals surface area contributed by atoms with Gasteiger partial charge in [0.1, 0.15) is 0 Å². The average molecular weight is 286 g/mol. The molecule has 1 aliphatic heterocycles. The summed E-state index contributed by atoms with van der Waals surface area (Å²) in [4.78, 5) is 2.52. The van der Waals surface area contributed by atoms with Crippen LogP contribution in [0.5, 0.6) is 0 Å². The minimum absolute atomic E-state index is 0.404. The molecule has 21 heavy (non-hydrogen) atoms. The van der Waals surface area contributed by atoms with E-state index >= 15 is 0 Å². The first-order valence-corrected chi connectivity index (χ1v) is 7.56. The molecule has 0 bridgehead atoms. The number of benzene rings is 1. The first kappa shape index (κ1) is 14.0. The summed E-state index contributed by atoms with van der Waals surface area (Å²) in [5, 5.41) is 15.0. The molecule has 1 N–H and O–H groups in total. The Kier molecular flexibility index (Phi) is 4.45. The standard InChI is InChI=1S/C15H22N6/c1-20-15(17-18-19-20)16-14-9-5-6-10-21(12-14)11-13-7-3-2-4-8-13/h2-4,7-8,14H,5-6,9-12H2,1H3,(H,16,17,19). The molecule has 2 aromatic rings. The van der Waals surface area contributed by atoms with Crippen molar-refractivity contribution in [2.24, 2.45) is 7.05 Å². The predicted molar refractivity (Wildman–Crippen MR) is 81.8 cm³/mol. The first-order valence-electron chi connectivity index (χ1n) is 7.56. The SMILES string of the molecule is Cn1nnnc1NC1CCCCN(Cc2ccccc2)C1. The number of likely N-dealkylation sites (tertiary alicyclic amines) is 1. The highest BCUT2D eigenvalue weighted by Gasteiger charge is 2.19. The number of hydrogen-bond acceptors (Lipinski definition) is 5. The summed E-state index contributed by atoms with van der Waals surface area (Å²) in [6, 6.07) is 11.1. The van der Waals surface area contributed by atoms with Gasteiger partial charge in [-0.2, -0.15) is 0 Å². The molecule has 0 radical (unpaired) electrons. The van der Waals surface area contributed by atoms with Crippen molar-refractivity contribution >= 4 is 5.95 Å². The molecular formula is C15H22N6. The Bertz CT molecular complexity index is 552. The molecular weight excluding hydrogens is 264 g/mol. The second-order valence-corrected chi connectivity index (χ2v) is 5.68. The van der Waals surface area contributed by atoms with Crippen LogP contribution in [0.25, 0.3) is 0 Å². The number of anilines is 1. The van der Waals surface area contributed by atoms with Crippen LogP contribution in [0, 0.1) is 0 Å². The van der Waals surface area contributed by atoms with Crippen LogP contribution in [0.3, 0.4) is 0 Å². The molecule has 6 nitrogen and oxygen atoms in total. The van der Waals surface area contributed by atoms with Crippen molar-refractivity contribution in [3.05, 3.63) is 35.9 Å². The number of tetrazole rings is 1.